The van der Waals surface area contributed by atoms with E-state index in [-0.39, 0.29) is 35.2 Å². The number of sulfone groups is 1. The molecule has 12 heteroatoms. The van der Waals surface area contributed by atoms with E-state index in [0.29, 0.717) is 30.0 Å². The molecule has 2 aliphatic heterocycles. The van der Waals surface area contributed by atoms with Crippen molar-refractivity contribution >= 4 is 38.9 Å². The summed E-state index contributed by atoms with van der Waals surface area (Å²) < 4.78 is 38.3. The topological polar surface area (TPSA) is 120 Å². The van der Waals surface area contributed by atoms with E-state index >= 15 is 0 Å². The van der Waals surface area contributed by atoms with E-state index in [1.54, 1.807) is 10.9 Å². The van der Waals surface area contributed by atoms with Gasteiger partial charge in [-0.2, -0.15) is 10.1 Å². The van der Waals surface area contributed by atoms with E-state index in [2.05, 4.69) is 25.7 Å². The summed E-state index contributed by atoms with van der Waals surface area (Å²) in [6.07, 6.45) is 6.05. The molecule has 5 rings (SSSR count). The minimum absolute atomic E-state index is 0.124. The van der Waals surface area contributed by atoms with Crippen LogP contribution in [0.5, 0.6) is 0 Å². The Kier molecular flexibility index (Phi) is 5.08. The molecular formula is C18H23ClN6O4S. The summed E-state index contributed by atoms with van der Waals surface area (Å²) in [4.78, 5) is 8.65. The number of anilines is 3. The van der Waals surface area contributed by atoms with Gasteiger partial charge in [0.1, 0.15) is 11.1 Å². The third-order valence-electron chi connectivity index (χ3n) is 5.66. The number of nitrogens with one attached hydrogen (secondary N) is 2. The number of nitrogens with zero attached hydrogens (tertiary/aromatic N) is 4. The SMILES string of the molecule is Cn1cc(Nc2ncc(Cl)c(NC3COC4C(CS(=O)(=O)C5CC5)COC34)n2)cn1. The molecule has 162 valence electrons. The summed E-state index contributed by atoms with van der Waals surface area (Å²) in [6.45, 7) is 0.770. The lowest BCUT2D eigenvalue weighted by atomic mass is 10.0. The van der Waals surface area contributed by atoms with Crippen LogP contribution in [-0.2, 0) is 26.4 Å². The number of fused-ring (bicyclic) bond motifs is 1. The van der Waals surface area contributed by atoms with Gasteiger partial charge in [-0.1, -0.05) is 11.6 Å². The Bertz CT molecular complexity index is 1040. The summed E-state index contributed by atoms with van der Waals surface area (Å²) in [5.74, 6) is 0.825. The van der Waals surface area contributed by atoms with Gasteiger partial charge in [0.05, 0.1) is 54.4 Å². The van der Waals surface area contributed by atoms with Gasteiger partial charge in [-0.05, 0) is 12.8 Å². The van der Waals surface area contributed by atoms with Gasteiger partial charge in [0, 0.05) is 19.2 Å². The molecule has 10 nitrogen and oxygen atoms in total. The average molecular weight is 455 g/mol. The van der Waals surface area contributed by atoms with Crippen LogP contribution in [0.3, 0.4) is 0 Å². The largest absolute Gasteiger partial charge is 0.373 e. The van der Waals surface area contributed by atoms with Crippen molar-refractivity contribution < 1.29 is 17.9 Å². The first-order chi connectivity index (χ1) is 14.4. The van der Waals surface area contributed by atoms with E-state index in [9.17, 15) is 8.42 Å². The van der Waals surface area contributed by atoms with E-state index < -0.39 is 9.84 Å². The molecule has 2 N–H and O–H groups in total. The summed E-state index contributed by atoms with van der Waals surface area (Å²) in [7, 11) is -1.24. The summed E-state index contributed by atoms with van der Waals surface area (Å²) in [6, 6.07) is -0.178. The highest BCUT2D eigenvalue weighted by Crippen LogP contribution is 2.37. The van der Waals surface area contributed by atoms with E-state index in [4.69, 9.17) is 21.1 Å². The Morgan fingerprint density at radius 3 is 2.77 bits per heavy atom. The first kappa shape index (κ1) is 20.0. The van der Waals surface area contributed by atoms with Gasteiger partial charge in [-0.3, -0.25) is 4.68 Å². The second-order valence-corrected chi connectivity index (χ2v) is 10.8. The van der Waals surface area contributed by atoms with Gasteiger partial charge in [0.15, 0.2) is 15.7 Å². The molecule has 2 aromatic rings. The molecule has 0 radical (unpaired) electrons. The van der Waals surface area contributed by atoms with Crippen molar-refractivity contribution in [3.8, 4) is 0 Å². The second kappa shape index (κ2) is 7.63. The van der Waals surface area contributed by atoms with Crippen LogP contribution in [0.2, 0.25) is 5.02 Å². The number of hydrogen-bond acceptors (Lipinski definition) is 9. The molecule has 4 heterocycles. The van der Waals surface area contributed by atoms with Crippen LogP contribution in [0, 0.1) is 5.92 Å². The first-order valence-electron chi connectivity index (χ1n) is 9.88. The van der Waals surface area contributed by atoms with Gasteiger partial charge in [-0.25, -0.2) is 13.4 Å². The Labute approximate surface area is 179 Å². The predicted octanol–water partition coefficient (Wildman–Crippen LogP) is 1.38. The Morgan fingerprint density at radius 1 is 1.23 bits per heavy atom. The fraction of sp³-hybridized carbons (Fsp3) is 0.611. The Morgan fingerprint density at radius 2 is 2.03 bits per heavy atom. The van der Waals surface area contributed by atoms with Crippen molar-refractivity contribution in [1.29, 1.82) is 0 Å². The van der Waals surface area contributed by atoms with Crippen LogP contribution in [0.25, 0.3) is 0 Å². The number of halogens is 1. The van der Waals surface area contributed by atoms with Crippen LogP contribution in [-0.4, -0.2) is 70.6 Å². The second-order valence-electron chi connectivity index (χ2n) is 8.05. The molecule has 30 heavy (non-hydrogen) atoms. The normalized spacial score (nSPS) is 28.5. The van der Waals surface area contributed by atoms with Crippen molar-refractivity contribution in [2.24, 2.45) is 13.0 Å². The number of aromatic nitrogens is 4. The minimum Gasteiger partial charge on any atom is -0.373 e. The average Bonchev–Trinajstić information content (AvgIpc) is 3.24. The Hall–Kier alpha value is -1.95. The molecule has 0 bridgehead atoms. The molecular weight excluding hydrogens is 432 g/mol. The van der Waals surface area contributed by atoms with Crippen LogP contribution >= 0.6 is 11.6 Å². The van der Waals surface area contributed by atoms with Crippen molar-refractivity contribution in [3.05, 3.63) is 23.6 Å². The zero-order valence-electron chi connectivity index (χ0n) is 16.4. The maximum Gasteiger partial charge on any atom is 0.229 e. The summed E-state index contributed by atoms with van der Waals surface area (Å²) >= 11 is 6.29. The molecule has 0 aromatic carbocycles. The van der Waals surface area contributed by atoms with Crippen LogP contribution in [0.15, 0.2) is 18.6 Å². The highest BCUT2D eigenvalue weighted by Gasteiger charge is 2.50. The molecule has 3 aliphatic rings. The van der Waals surface area contributed by atoms with Gasteiger partial charge >= 0.3 is 0 Å². The number of hydrogen-bond donors (Lipinski definition) is 2. The molecule has 2 saturated heterocycles. The highest BCUT2D eigenvalue weighted by atomic mass is 35.5. The lowest BCUT2D eigenvalue weighted by Gasteiger charge is -2.19. The molecule has 3 fully saturated rings. The Balaban J connectivity index is 1.26. The lowest BCUT2D eigenvalue weighted by Crippen LogP contribution is -2.36. The smallest absolute Gasteiger partial charge is 0.229 e. The fourth-order valence-corrected chi connectivity index (χ4v) is 6.18. The van der Waals surface area contributed by atoms with Gasteiger partial charge < -0.3 is 20.1 Å². The molecule has 2 aromatic heterocycles. The fourth-order valence-electron chi connectivity index (χ4n) is 4.03. The standard InChI is InChI=1S/C18H23ClN6O4S/c1-25-6-11(4-21-25)22-18-20-5-13(19)17(24-18)23-14-8-29-15-10(7-28-16(14)15)9-30(26,27)12-2-3-12/h4-6,10,12,14-16H,2-3,7-9H2,1H3,(H2,20,22,23,24). The third-order valence-corrected chi connectivity index (χ3v) is 8.32. The molecule has 1 aliphatic carbocycles. The molecule has 1 saturated carbocycles. The number of aryl methyl sites for hydroxylation is 1. The van der Waals surface area contributed by atoms with Crippen molar-refractivity contribution in [2.45, 2.75) is 36.3 Å². The first-order valence-corrected chi connectivity index (χ1v) is 12.0. The summed E-state index contributed by atoms with van der Waals surface area (Å²) in [5, 5.41) is 10.7. The van der Waals surface area contributed by atoms with E-state index in [1.807, 2.05) is 13.2 Å². The van der Waals surface area contributed by atoms with Gasteiger partial charge in [-0.15, -0.1) is 0 Å². The van der Waals surface area contributed by atoms with E-state index in [1.165, 1.54) is 6.20 Å². The monoisotopic (exact) mass is 454 g/mol. The van der Waals surface area contributed by atoms with Crippen molar-refractivity contribution in [2.75, 3.05) is 29.6 Å². The quantitative estimate of drug-likeness (QED) is 0.639. The maximum absolute atomic E-state index is 12.4. The molecule has 0 spiro atoms. The molecule has 4 unspecified atom stereocenters. The van der Waals surface area contributed by atoms with Crippen LogP contribution in [0.1, 0.15) is 12.8 Å². The van der Waals surface area contributed by atoms with Gasteiger partial charge in [0.25, 0.3) is 0 Å². The molecule has 4 atom stereocenters. The predicted molar refractivity (Wildman–Crippen MR) is 111 cm³/mol. The number of ether oxygens (including phenoxy) is 2. The van der Waals surface area contributed by atoms with Crippen LogP contribution < -0.4 is 10.6 Å². The number of rotatable bonds is 7. The minimum atomic E-state index is -3.06. The lowest BCUT2D eigenvalue weighted by molar-refractivity contribution is 0.0656. The highest BCUT2D eigenvalue weighted by molar-refractivity contribution is 7.92. The molecule has 0 amide bonds. The van der Waals surface area contributed by atoms with E-state index in [0.717, 1.165) is 18.5 Å². The van der Waals surface area contributed by atoms with Crippen LogP contribution in [0.4, 0.5) is 17.5 Å². The third kappa shape index (κ3) is 3.98. The zero-order valence-corrected chi connectivity index (χ0v) is 17.9. The van der Waals surface area contributed by atoms with Crippen molar-refractivity contribution in [3.63, 3.8) is 0 Å². The zero-order chi connectivity index (χ0) is 20.9. The maximum atomic E-state index is 12.4. The van der Waals surface area contributed by atoms with Crippen molar-refractivity contribution in [1.82, 2.24) is 19.7 Å². The summed E-state index contributed by atoms with van der Waals surface area (Å²) in [5.41, 5.74) is 0.758. The van der Waals surface area contributed by atoms with Gasteiger partial charge in [0.2, 0.25) is 5.95 Å².